The third-order valence-corrected chi connectivity index (χ3v) is 4.59. The molecule has 152 valence electrons. The lowest BCUT2D eigenvalue weighted by molar-refractivity contribution is 0.309. The van der Waals surface area contributed by atoms with Crippen LogP contribution in [0.4, 0.5) is 5.95 Å². The Morgan fingerprint density at radius 2 is 2.10 bits per heavy atom. The molecular weight excluding hydrogens is 450 g/mol. The average molecular weight is 468 g/mol. The summed E-state index contributed by atoms with van der Waals surface area (Å²) in [4.78, 5) is 19.1. The highest BCUT2D eigenvalue weighted by Crippen LogP contribution is 2.36. The molecule has 0 fully saturated rings. The maximum atomic E-state index is 12.3. The lowest BCUT2D eigenvalue weighted by Gasteiger charge is -2.12. The van der Waals surface area contributed by atoms with Gasteiger partial charge in [-0.05, 0) is 40.5 Å². The Morgan fingerprint density at radius 1 is 1.33 bits per heavy atom. The highest BCUT2D eigenvalue weighted by molar-refractivity contribution is 9.10. The number of anilines is 1. The van der Waals surface area contributed by atoms with Crippen LogP contribution in [0.25, 0.3) is 11.3 Å². The number of methoxy groups -OCH3 is 1. The molecule has 30 heavy (non-hydrogen) atoms. The van der Waals surface area contributed by atoms with Crippen LogP contribution < -0.4 is 20.5 Å². The Bertz CT molecular complexity index is 1170. The van der Waals surface area contributed by atoms with Gasteiger partial charge in [0.1, 0.15) is 11.6 Å². The van der Waals surface area contributed by atoms with Crippen molar-refractivity contribution in [2.75, 3.05) is 19.1 Å². The van der Waals surface area contributed by atoms with Crippen molar-refractivity contribution in [2.45, 2.75) is 6.92 Å². The number of H-pyrrole nitrogens is 1. The molecule has 0 saturated carbocycles. The summed E-state index contributed by atoms with van der Waals surface area (Å²) < 4.78 is 11.7. The normalized spacial score (nSPS) is 10.6. The Balaban J connectivity index is 1.89. The largest absolute Gasteiger partial charge is 0.493 e. The molecule has 2 aromatic carbocycles. The van der Waals surface area contributed by atoms with E-state index in [1.54, 1.807) is 31.5 Å². The van der Waals surface area contributed by atoms with Gasteiger partial charge in [0.05, 0.1) is 30.1 Å². The monoisotopic (exact) mass is 467 g/mol. The van der Waals surface area contributed by atoms with Crippen LogP contribution in [0.15, 0.2) is 56.8 Å². The van der Waals surface area contributed by atoms with E-state index in [4.69, 9.17) is 9.47 Å². The quantitative estimate of drug-likeness (QED) is 0.402. The lowest BCUT2D eigenvalue weighted by Crippen LogP contribution is -2.16. The van der Waals surface area contributed by atoms with E-state index < -0.39 is 5.56 Å². The standard InChI is InChI=1S/C21H18BrN5O3/c1-3-30-19-16(22)9-13(10-17(19)29-2)12-24-27-21-25-18(14-7-5-4-6-8-14)15(11-23)20(28)26-21/h4-10,12H,3H2,1-2H3,(H2,25,26,27,28). The molecule has 2 N–H and O–H groups in total. The molecule has 0 saturated heterocycles. The van der Waals surface area contributed by atoms with Gasteiger partial charge >= 0.3 is 0 Å². The van der Waals surface area contributed by atoms with Crippen molar-refractivity contribution in [2.24, 2.45) is 5.10 Å². The van der Waals surface area contributed by atoms with Crippen molar-refractivity contribution >= 4 is 28.1 Å². The molecule has 8 nitrogen and oxygen atoms in total. The zero-order valence-corrected chi connectivity index (χ0v) is 17.9. The number of aromatic nitrogens is 2. The second-order valence-corrected chi connectivity index (χ2v) is 6.81. The van der Waals surface area contributed by atoms with E-state index in [0.717, 1.165) is 10.0 Å². The van der Waals surface area contributed by atoms with Crippen molar-refractivity contribution in [3.63, 3.8) is 0 Å². The van der Waals surface area contributed by atoms with Gasteiger partial charge in [0.2, 0.25) is 5.95 Å². The van der Waals surface area contributed by atoms with Gasteiger partial charge in [0.25, 0.3) is 5.56 Å². The predicted octanol–water partition coefficient (Wildman–Crippen LogP) is 3.92. The van der Waals surface area contributed by atoms with Gasteiger partial charge in [-0.2, -0.15) is 10.4 Å². The number of nitrogens with zero attached hydrogens (tertiary/aromatic N) is 3. The number of nitrogens with one attached hydrogen (secondary N) is 2. The zero-order valence-electron chi connectivity index (χ0n) is 16.3. The molecule has 0 unspecified atom stereocenters. The van der Waals surface area contributed by atoms with Crippen molar-refractivity contribution in [3.8, 4) is 28.8 Å². The smallest absolute Gasteiger partial charge is 0.270 e. The Morgan fingerprint density at radius 3 is 2.77 bits per heavy atom. The fraction of sp³-hybridized carbons (Fsp3) is 0.143. The van der Waals surface area contributed by atoms with E-state index in [0.29, 0.717) is 23.7 Å². The van der Waals surface area contributed by atoms with Crippen molar-refractivity contribution < 1.29 is 9.47 Å². The third-order valence-electron chi connectivity index (χ3n) is 4.00. The van der Waals surface area contributed by atoms with Crippen molar-refractivity contribution in [1.29, 1.82) is 5.26 Å². The van der Waals surface area contributed by atoms with Gasteiger partial charge in [-0.15, -0.1) is 0 Å². The topological polar surface area (TPSA) is 112 Å². The van der Waals surface area contributed by atoms with Crippen LogP contribution in [0.1, 0.15) is 18.1 Å². The van der Waals surface area contributed by atoms with Gasteiger partial charge in [0.15, 0.2) is 11.5 Å². The summed E-state index contributed by atoms with van der Waals surface area (Å²) in [7, 11) is 1.56. The third kappa shape index (κ3) is 4.67. The van der Waals surface area contributed by atoms with E-state index in [1.165, 1.54) is 0 Å². The number of rotatable bonds is 7. The number of halogens is 1. The number of nitriles is 1. The van der Waals surface area contributed by atoms with E-state index >= 15 is 0 Å². The van der Waals surface area contributed by atoms with Crippen LogP contribution in [-0.4, -0.2) is 29.9 Å². The molecule has 3 aromatic rings. The van der Waals surface area contributed by atoms with E-state index in [9.17, 15) is 10.1 Å². The second-order valence-electron chi connectivity index (χ2n) is 5.95. The zero-order chi connectivity index (χ0) is 21.5. The molecule has 0 aliphatic heterocycles. The number of ether oxygens (including phenoxy) is 2. The van der Waals surface area contributed by atoms with Crippen molar-refractivity contribution in [3.05, 3.63) is 68.4 Å². The van der Waals surface area contributed by atoms with Gasteiger partial charge in [-0.1, -0.05) is 30.3 Å². The fourth-order valence-electron chi connectivity index (χ4n) is 2.70. The first-order valence-corrected chi connectivity index (χ1v) is 9.76. The number of benzene rings is 2. The van der Waals surface area contributed by atoms with Crippen LogP contribution in [0.2, 0.25) is 0 Å². The molecule has 0 bridgehead atoms. The maximum Gasteiger partial charge on any atom is 0.270 e. The predicted molar refractivity (Wildman–Crippen MR) is 118 cm³/mol. The average Bonchev–Trinajstić information content (AvgIpc) is 2.75. The molecule has 0 spiro atoms. The van der Waals surface area contributed by atoms with Crippen LogP contribution in [0.5, 0.6) is 11.5 Å². The summed E-state index contributed by atoms with van der Waals surface area (Å²) in [6, 6.07) is 14.5. The van der Waals surface area contributed by atoms with E-state index in [-0.39, 0.29) is 17.2 Å². The van der Waals surface area contributed by atoms with Crippen LogP contribution in [0.3, 0.4) is 0 Å². The van der Waals surface area contributed by atoms with Crippen LogP contribution >= 0.6 is 15.9 Å². The molecule has 1 aromatic heterocycles. The lowest BCUT2D eigenvalue weighted by atomic mass is 10.1. The highest BCUT2D eigenvalue weighted by atomic mass is 79.9. The highest BCUT2D eigenvalue weighted by Gasteiger charge is 2.13. The molecule has 0 aliphatic carbocycles. The summed E-state index contributed by atoms with van der Waals surface area (Å²) >= 11 is 3.46. The van der Waals surface area contributed by atoms with Crippen molar-refractivity contribution in [1.82, 2.24) is 9.97 Å². The Kier molecular flexibility index (Phi) is 6.83. The first-order valence-electron chi connectivity index (χ1n) is 8.96. The van der Waals surface area contributed by atoms with E-state index in [1.807, 2.05) is 37.3 Å². The first-order chi connectivity index (χ1) is 14.6. The van der Waals surface area contributed by atoms with Gasteiger partial charge in [-0.25, -0.2) is 10.4 Å². The maximum absolute atomic E-state index is 12.3. The summed E-state index contributed by atoms with van der Waals surface area (Å²) in [5, 5.41) is 13.5. The molecule has 0 radical (unpaired) electrons. The molecule has 0 aliphatic rings. The molecule has 1 heterocycles. The van der Waals surface area contributed by atoms with Gasteiger partial charge < -0.3 is 9.47 Å². The van der Waals surface area contributed by atoms with Crippen LogP contribution in [0, 0.1) is 11.3 Å². The number of hydrogen-bond acceptors (Lipinski definition) is 7. The van der Waals surface area contributed by atoms with Crippen LogP contribution in [-0.2, 0) is 0 Å². The summed E-state index contributed by atoms with van der Waals surface area (Å²) in [6.07, 6.45) is 1.55. The minimum absolute atomic E-state index is 0.0593. The molecule has 0 atom stereocenters. The SMILES string of the molecule is CCOc1c(Br)cc(C=NNc2nc(-c3ccccc3)c(C#N)c(=O)[nH]2)cc1OC. The van der Waals surface area contributed by atoms with Gasteiger partial charge in [-0.3, -0.25) is 9.78 Å². The summed E-state index contributed by atoms with van der Waals surface area (Å²) in [6.45, 7) is 2.39. The van der Waals surface area contributed by atoms with Gasteiger partial charge in [0, 0.05) is 5.56 Å². The Labute approximate surface area is 181 Å². The molecule has 9 heteroatoms. The Hall–Kier alpha value is -3.64. The molecular formula is C21H18BrN5O3. The number of aromatic amines is 1. The number of hydrazone groups is 1. The minimum Gasteiger partial charge on any atom is -0.493 e. The summed E-state index contributed by atoms with van der Waals surface area (Å²) in [5.74, 6) is 1.28. The van der Waals surface area contributed by atoms with E-state index in [2.05, 4.69) is 36.4 Å². The summed E-state index contributed by atoms with van der Waals surface area (Å²) in [5.41, 5.74) is 3.76. The molecule has 3 rings (SSSR count). The molecule has 0 amide bonds. The minimum atomic E-state index is -0.547. The first kappa shape index (κ1) is 21.1. The fourth-order valence-corrected chi connectivity index (χ4v) is 3.28. The second kappa shape index (κ2) is 9.71. The number of hydrogen-bond donors (Lipinski definition) is 2.